The number of hydrogen-bond acceptors (Lipinski definition) is 2. The van der Waals surface area contributed by atoms with E-state index in [0.29, 0.717) is 0 Å². The van der Waals surface area contributed by atoms with Crippen LogP contribution in [0.2, 0.25) is 0 Å². The van der Waals surface area contributed by atoms with Crippen molar-refractivity contribution in [2.45, 2.75) is 26.3 Å². The van der Waals surface area contributed by atoms with Gasteiger partial charge in [0, 0.05) is 12.2 Å². The van der Waals surface area contributed by atoms with E-state index in [1.54, 1.807) is 0 Å². The van der Waals surface area contributed by atoms with Crippen LogP contribution in [0.4, 0.5) is 0 Å². The third-order valence-corrected chi connectivity index (χ3v) is 3.07. The Balaban J connectivity index is 2.69. The standard InChI is InChI=1S/C12H15N3S/c1-4-5-9(3)15-11-10(14-12(15)16)8(2)6-7-13-11/h4,6-7,9H,1,5H2,2-3H3,(H,14,16). The topological polar surface area (TPSA) is 33.6 Å². The highest BCUT2D eigenvalue weighted by Crippen LogP contribution is 2.21. The van der Waals surface area contributed by atoms with Crippen molar-refractivity contribution in [1.29, 1.82) is 0 Å². The van der Waals surface area contributed by atoms with E-state index in [9.17, 15) is 0 Å². The van der Waals surface area contributed by atoms with E-state index in [4.69, 9.17) is 12.2 Å². The number of rotatable bonds is 3. The van der Waals surface area contributed by atoms with Gasteiger partial charge in [-0.3, -0.25) is 4.57 Å². The number of imidazole rings is 1. The number of aryl methyl sites for hydroxylation is 1. The van der Waals surface area contributed by atoms with Gasteiger partial charge in [0.2, 0.25) is 0 Å². The van der Waals surface area contributed by atoms with Gasteiger partial charge in [0.1, 0.15) is 0 Å². The SMILES string of the molecule is C=CCC(C)n1c(=S)[nH]c2c(C)ccnc21. The van der Waals surface area contributed by atoms with Crippen LogP contribution in [0.1, 0.15) is 24.9 Å². The fourth-order valence-electron chi connectivity index (χ4n) is 1.90. The molecule has 0 amide bonds. The predicted octanol–water partition coefficient (Wildman–Crippen LogP) is 3.54. The third-order valence-electron chi connectivity index (χ3n) is 2.77. The Bertz CT molecular complexity index is 579. The largest absolute Gasteiger partial charge is 0.329 e. The highest BCUT2D eigenvalue weighted by molar-refractivity contribution is 7.71. The molecule has 2 aromatic heterocycles. The van der Waals surface area contributed by atoms with Gasteiger partial charge in [-0.1, -0.05) is 6.08 Å². The molecule has 0 aliphatic rings. The van der Waals surface area contributed by atoms with Crippen LogP contribution in [0, 0.1) is 11.7 Å². The Morgan fingerprint density at radius 3 is 3.12 bits per heavy atom. The first-order chi connectivity index (χ1) is 7.65. The number of allylic oxidation sites excluding steroid dienone is 1. The van der Waals surface area contributed by atoms with E-state index in [2.05, 4.69) is 35.0 Å². The Morgan fingerprint density at radius 1 is 1.69 bits per heavy atom. The molecule has 2 rings (SSSR count). The summed E-state index contributed by atoms with van der Waals surface area (Å²) in [5.41, 5.74) is 3.13. The second-order valence-corrected chi connectivity index (χ2v) is 4.39. The molecule has 2 heterocycles. The molecule has 0 aliphatic carbocycles. The summed E-state index contributed by atoms with van der Waals surface area (Å²) < 4.78 is 2.78. The summed E-state index contributed by atoms with van der Waals surface area (Å²) in [5.74, 6) is 0. The van der Waals surface area contributed by atoms with Crippen LogP contribution in [-0.4, -0.2) is 14.5 Å². The van der Waals surface area contributed by atoms with Gasteiger partial charge < -0.3 is 4.98 Å². The number of aromatic amines is 1. The number of aromatic nitrogens is 3. The maximum atomic E-state index is 5.34. The Hall–Kier alpha value is -1.42. The first-order valence-electron chi connectivity index (χ1n) is 5.32. The van der Waals surface area contributed by atoms with Crippen molar-refractivity contribution in [3.05, 3.63) is 35.3 Å². The van der Waals surface area contributed by atoms with Crippen LogP contribution in [0.5, 0.6) is 0 Å². The van der Waals surface area contributed by atoms with Gasteiger partial charge in [-0.25, -0.2) is 4.98 Å². The molecule has 84 valence electrons. The maximum absolute atomic E-state index is 5.34. The molecule has 1 atom stereocenters. The first kappa shape index (κ1) is 11.1. The van der Waals surface area contributed by atoms with Crippen LogP contribution in [-0.2, 0) is 0 Å². The van der Waals surface area contributed by atoms with Crippen molar-refractivity contribution in [1.82, 2.24) is 14.5 Å². The highest BCUT2D eigenvalue weighted by atomic mass is 32.1. The summed E-state index contributed by atoms with van der Waals surface area (Å²) in [6, 6.07) is 2.27. The van der Waals surface area contributed by atoms with Crippen LogP contribution in [0.15, 0.2) is 24.9 Å². The van der Waals surface area contributed by atoms with Gasteiger partial charge in [-0.15, -0.1) is 6.58 Å². The average molecular weight is 233 g/mol. The lowest BCUT2D eigenvalue weighted by Gasteiger charge is -2.11. The van der Waals surface area contributed by atoms with Gasteiger partial charge >= 0.3 is 0 Å². The number of H-pyrrole nitrogens is 1. The van der Waals surface area contributed by atoms with Gasteiger partial charge in [-0.2, -0.15) is 0 Å². The number of hydrogen-bond donors (Lipinski definition) is 1. The lowest BCUT2D eigenvalue weighted by molar-refractivity contribution is 0.560. The van der Waals surface area contributed by atoms with Crippen LogP contribution < -0.4 is 0 Å². The molecule has 2 aromatic rings. The van der Waals surface area contributed by atoms with E-state index >= 15 is 0 Å². The van der Waals surface area contributed by atoms with Gasteiger partial charge in [0.05, 0.1) is 5.52 Å². The summed E-state index contributed by atoms with van der Waals surface area (Å²) in [7, 11) is 0. The van der Waals surface area contributed by atoms with Crippen LogP contribution in [0.3, 0.4) is 0 Å². The maximum Gasteiger partial charge on any atom is 0.179 e. The van der Waals surface area contributed by atoms with Crippen molar-refractivity contribution < 1.29 is 0 Å². The zero-order valence-corrected chi connectivity index (χ0v) is 10.3. The molecule has 0 radical (unpaired) electrons. The average Bonchev–Trinajstić information content (AvgIpc) is 2.56. The molecule has 16 heavy (non-hydrogen) atoms. The lowest BCUT2D eigenvalue weighted by Crippen LogP contribution is -2.04. The number of pyridine rings is 1. The number of nitrogens with one attached hydrogen (secondary N) is 1. The zero-order valence-electron chi connectivity index (χ0n) is 9.53. The van der Waals surface area contributed by atoms with Gasteiger partial charge in [-0.05, 0) is 44.1 Å². The Labute approximate surface area is 99.8 Å². The van der Waals surface area contributed by atoms with Crippen molar-refractivity contribution in [2.24, 2.45) is 0 Å². The summed E-state index contributed by atoms with van der Waals surface area (Å²) in [5, 5.41) is 0. The molecular formula is C12H15N3S. The molecule has 0 saturated carbocycles. The molecule has 0 fully saturated rings. The monoisotopic (exact) mass is 233 g/mol. The fourth-order valence-corrected chi connectivity index (χ4v) is 2.27. The van der Waals surface area contributed by atoms with E-state index in [1.807, 2.05) is 18.3 Å². The predicted molar refractivity (Wildman–Crippen MR) is 69.2 cm³/mol. The molecule has 3 nitrogen and oxygen atoms in total. The molecule has 0 saturated heterocycles. The molecular weight excluding hydrogens is 218 g/mol. The quantitative estimate of drug-likeness (QED) is 0.650. The molecule has 0 aliphatic heterocycles. The normalized spacial score (nSPS) is 12.9. The Morgan fingerprint density at radius 2 is 2.44 bits per heavy atom. The fraction of sp³-hybridized carbons (Fsp3) is 0.333. The minimum absolute atomic E-state index is 0.285. The van der Waals surface area contributed by atoms with E-state index in [0.717, 1.165) is 22.4 Å². The summed E-state index contributed by atoms with van der Waals surface area (Å²) in [6.45, 7) is 7.93. The second-order valence-electron chi connectivity index (χ2n) is 4.00. The lowest BCUT2D eigenvalue weighted by atomic mass is 10.2. The van der Waals surface area contributed by atoms with Crippen molar-refractivity contribution >= 4 is 23.4 Å². The molecule has 1 unspecified atom stereocenters. The molecule has 0 spiro atoms. The molecule has 0 bridgehead atoms. The molecule has 4 heteroatoms. The van der Waals surface area contributed by atoms with Crippen molar-refractivity contribution in [3.8, 4) is 0 Å². The minimum atomic E-state index is 0.285. The summed E-state index contributed by atoms with van der Waals surface area (Å²) in [6.07, 6.45) is 4.61. The summed E-state index contributed by atoms with van der Waals surface area (Å²) in [4.78, 5) is 7.61. The van der Waals surface area contributed by atoms with Gasteiger partial charge in [0.15, 0.2) is 10.4 Å². The van der Waals surface area contributed by atoms with Crippen LogP contribution in [0.25, 0.3) is 11.2 Å². The third kappa shape index (κ3) is 1.69. The first-order valence-corrected chi connectivity index (χ1v) is 5.72. The zero-order chi connectivity index (χ0) is 11.7. The number of nitrogens with zero attached hydrogens (tertiary/aromatic N) is 2. The van der Waals surface area contributed by atoms with Gasteiger partial charge in [0.25, 0.3) is 0 Å². The molecule has 0 aromatic carbocycles. The van der Waals surface area contributed by atoms with E-state index in [-0.39, 0.29) is 6.04 Å². The van der Waals surface area contributed by atoms with Crippen LogP contribution >= 0.6 is 12.2 Å². The van der Waals surface area contributed by atoms with Crippen molar-refractivity contribution in [3.63, 3.8) is 0 Å². The highest BCUT2D eigenvalue weighted by Gasteiger charge is 2.11. The Kier molecular flexibility index (Phi) is 2.92. The smallest absolute Gasteiger partial charge is 0.179 e. The van der Waals surface area contributed by atoms with E-state index < -0.39 is 0 Å². The van der Waals surface area contributed by atoms with E-state index in [1.165, 1.54) is 5.56 Å². The van der Waals surface area contributed by atoms with Crippen molar-refractivity contribution in [2.75, 3.05) is 0 Å². The molecule has 1 N–H and O–H groups in total. The second kappa shape index (κ2) is 4.22. The summed E-state index contributed by atoms with van der Waals surface area (Å²) >= 11 is 5.34. The minimum Gasteiger partial charge on any atom is -0.329 e. The number of fused-ring (bicyclic) bond motifs is 1.